The van der Waals surface area contributed by atoms with E-state index in [2.05, 4.69) is 199 Å². The van der Waals surface area contributed by atoms with Gasteiger partial charge in [-0.1, -0.05) is 176 Å². The van der Waals surface area contributed by atoms with Crippen molar-refractivity contribution < 1.29 is 0 Å². The fourth-order valence-electron chi connectivity index (χ4n) is 8.89. The molecular weight excluding hydrogens is 723 g/mol. The van der Waals surface area contributed by atoms with E-state index < -0.39 is 0 Å². The Morgan fingerprint density at radius 2 is 0.914 bits per heavy atom. The van der Waals surface area contributed by atoms with Crippen molar-refractivity contribution in [3.63, 3.8) is 0 Å². The van der Waals surface area contributed by atoms with Crippen LogP contribution in [0.1, 0.15) is 0 Å². The molecule has 3 aromatic heterocycles. The van der Waals surface area contributed by atoms with Gasteiger partial charge in [0.15, 0.2) is 5.82 Å². The van der Waals surface area contributed by atoms with Crippen LogP contribution in [0.25, 0.3) is 114 Å². The second kappa shape index (κ2) is 13.1. The van der Waals surface area contributed by atoms with Crippen molar-refractivity contribution in [1.29, 1.82) is 0 Å². The minimum absolute atomic E-state index is 0.720. The fourth-order valence-corrected chi connectivity index (χ4v) is 10.2. The Morgan fingerprint density at radius 3 is 1.69 bits per heavy atom. The van der Waals surface area contributed by atoms with Crippen LogP contribution in [0.2, 0.25) is 0 Å². The second-order valence-corrected chi connectivity index (χ2v) is 15.9. The second-order valence-electron chi connectivity index (χ2n) is 14.9. The Bertz CT molecular complexity index is 3550. The number of fused-ring (bicyclic) bond motifs is 10. The van der Waals surface area contributed by atoms with Crippen LogP contribution in [-0.2, 0) is 0 Å². The van der Waals surface area contributed by atoms with Gasteiger partial charge >= 0.3 is 0 Å². The van der Waals surface area contributed by atoms with Crippen molar-refractivity contribution in [1.82, 2.24) is 14.5 Å². The predicted molar refractivity (Wildman–Crippen MR) is 246 cm³/mol. The molecular formula is C54H33N3S. The van der Waals surface area contributed by atoms with E-state index in [1.165, 1.54) is 80.3 Å². The zero-order valence-electron chi connectivity index (χ0n) is 31.3. The molecule has 270 valence electrons. The van der Waals surface area contributed by atoms with Gasteiger partial charge in [0.25, 0.3) is 0 Å². The van der Waals surface area contributed by atoms with E-state index in [-0.39, 0.29) is 0 Å². The third-order valence-electron chi connectivity index (χ3n) is 11.6. The SMILES string of the molecule is c1ccc(-c2ccc(-c3cc(-c4ccccc4)nc(-c4cccc5c4sc4c5ccc5c6ccccc6n(-c6cc7ccccc7c7ccccc67)c54)n3)cc2)cc1. The average Bonchev–Trinajstić information content (AvgIpc) is 3.85. The van der Waals surface area contributed by atoms with Crippen molar-refractivity contribution >= 4 is 74.9 Å². The quantitative estimate of drug-likeness (QED) is 0.164. The van der Waals surface area contributed by atoms with Crippen molar-refractivity contribution in [2.75, 3.05) is 0 Å². The molecule has 0 aliphatic heterocycles. The predicted octanol–water partition coefficient (Wildman–Crippen LogP) is 14.9. The molecule has 0 aliphatic carbocycles. The Hall–Kier alpha value is -7.40. The number of para-hydroxylation sites is 1. The molecule has 0 N–H and O–H groups in total. The summed E-state index contributed by atoms with van der Waals surface area (Å²) in [6.07, 6.45) is 0. The molecule has 9 aromatic carbocycles. The summed E-state index contributed by atoms with van der Waals surface area (Å²) >= 11 is 1.85. The van der Waals surface area contributed by atoms with Gasteiger partial charge in [-0.2, -0.15) is 0 Å². The average molecular weight is 756 g/mol. The molecule has 0 bridgehead atoms. The van der Waals surface area contributed by atoms with Gasteiger partial charge in [0.2, 0.25) is 0 Å². The minimum atomic E-state index is 0.720. The van der Waals surface area contributed by atoms with Crippen LogP contribution in [0.3, 0.4) is 0 Å². The maximum Gasteiger partial charge on any atom is 0.161 e. The summed E-state index contributed by atoms with van der Waals surface area (Å²) in [6, 6.07) is 71.8. The molecule has 0 saturated heterocycles. The molecule has 0 fully saturated rings. The van der Waals surface area contributed by atoms with Gasteiger partial charge < -0.3 is 4.57 Å². The first-order valence-electron chi connectivity index (χ1n) is 19.7. The first kappa shape index (κ1) is 32.8. The van der Waals surface area contributed by atoms with Crippen molar-refractivity contribution in [2.24, 2.45) is 0 Å². The Kier molecular flexibility index (Phi) is 7.40. The van der Waals surface area contributed by atoms with E-state index in [9.17, 15) is 0 Å². The van der Waals surface area contributed by atoms with Crippen molar-refractivity contribution in [2.45, 2.75) is 0 Å². The highest BCUT2D eigenvalue weighted by molar-refractivity contribution is 7.27. The normalized spacial score (nSPS) is 11.8. The van der Waals surface area contributed by atoms with E-state index in [1.807, 2.05) is 17.4 Å². The Morgan fingerprint density at radius 1 is 0.362 bits per heavy atom. The van der Waals surface area contributed by atoms with Gasteiger partial charge in [0.1, 0.15) is 0 Å². The summed E-state index contributed by atoms with van der Waals surface area (Å²) in [5, 5.41) is 9.93. The summed E-state index contributed by atoms with van der Waals surface area (Å²) in [6.45, 7) is 0. The van der Waals surface area contributed by atoms with Crippen LogP contribution < -0.4 is 0 Å². The first-order chi connectivity index (χ1) is 28.8. The van der Waals surface area contributed by atoms with Gasteiger partial charge in [-0.3, -0.25) is 0 Å². The molecule has 3 nitrogen and oxygen atoms in total. The van der Waals surface area contributed by atoms with Gasteiger partial charge in [-0.25, -0.2) is 9.97 Å². The van der Waals surface area contributed by atoms with E-state index in [4.69, 9.17) is 9.97 Å². The van der Waals surface area contributed by atoms with E-state index in [0.29, 0.717) is 0 Å². The molecule has 0 unspecified atom stereocenters. The molecule has 0 amide bonds. The smallest absolute Gasteiger partial charge is 0.161 e. The van der Waals surface area contributed by atoms with E-state index in [0.717, 1.165) is 33.9 Å². The van der Waals surface area contributed by atoms with E-state index >= 15 is 0 Å². The number of hydrogen-bond acceptors (Lipinski definition) is 3. The monoisotopic (exact) mass is 755 g/mol. The number of aromatic nitrogens is 3. The highest BCUT2D eigenvalue weighted by atomic mass is 32.1. The zero-order valence-corrected chi connectivity index (χ0v) is 32.1. The summed E-state index contributed by atoms with van der Waals surface area (Å²) < 4.78 is 4.95. The van der Waals surface area contributed by atoms with Crippen LogP contribution >= 0.6 is 11.3 Å². The van der Waals surface area contributed by atoms with E-state index in [1.54, 1.807) is 0 Å². The van der Waals surface area contributed by atoms with Gasteiger partial charge in [-0.05, 0) is 51.6 Å². The zero-order chi connectivity index (χ0) is 38.2. The van der Waals surface area contributed by atoms with Gasteiger partial charge in [-0.15, -0.1) is 11.3 Å². The van der Waals surface area contributed by atoms with Crippen LogP contribution in [-0.4, -0.2) is 14.5 Å². The van der Waals surface area contributed by atoms with Crippen LogP contribution in [0, 0.1) is 0 Å². The van der Waals surface area contributed by atoms with Gasteiger partial charge in [0, 0.05) is 48.3 Å². The molecule has 0 aliphatic rings. The first-order valence-corrected chi connectivity index (χ1v) is 20.5. The molecule has 12 rings (SSSR count). The highest BCUT2D eigenvalue weighted by Gasteiger charge is 2.22. The fraction of sp³-hybridized carbons (Fsp3) is 0. The number of benzene rings is 9. The Balaban J connectivity index is 1.11. The number of nitrogens with zero attached hydrogens (tertiary/aromatic N) is 3. The number of thiophene rings is 1. The van der Waals surface area contributed by atoms with Crippen LogP contribution in [0.4, 0.5) is 0 Å². The molecule has 3 heterocycles. The molecule has 0 spiro atoms. The van der Waals surface area contributed by atoms with Crippen LogP contribution in [0.5, 0.6) is 0 Å². The highest BCUT2D eigenvalue weighted by Crippen LogP contribution is 2.46. The maximum absolute atomic E-state index is 5.34. The van der Waals surface area contributed by atoms with Gasteiger partial charge in [0.05, 0.1) is 32.8 Å². The van der Waals surface area contributed by atoms with Crippen LogP contribution in [0.15, 0.2) is 200 Å². The Labute approximate surface area is 338 Å². The molecule has 58 heavy (non-hydrogen) atoms. The summed E-state index contributed by atoms with van der Waals surface area (Å²) in [7, 11) is 0. The molecule has 0 saturated carbocycles. The summed E-state index contributed by atoms with van der Waals surface area (Å²) in [5.74, 6) is 0.720. The lowest BCUT2D eigenvalue weighted by Crippen LogP contribution is -1.96. The lowest BCUT2D eigenvalue weighted by Gasteiger charge is -2.14. The molecule has 0 radical (unpaired) electrons. The molecule has 0 atom stereocenters. The third kappa shape index (κ3) is 5.12. The number of rotatable bonds is 5. The molecule has 4 heteroatoms. The number of hydrogen-bond donors (Lipinski definition) is 0. The standard InChI is InChI=1S/C54H33N3S/c1-3-14-34(15-4-1)35-26-28-37(29-27-35)48-33-47(36-16-5-2-6-17-36)55-54(56-48)46-24-13-23-44-45-31-30-43-42-22-11-12-25-49(42)57(51(43)53(45)58-52(44)46)50-32-38-18-7-8-19-39(38)40-20-9-10-21-41(40)50/h1-33H. The topological polar surface area (TPSA) is 30.7 Å². The third-order valence-corrected chi connectivity index (χ3v) is 12.9. The van der Waals surface area contributed by atoms with Crippen molar-refractivity contribution in [3.05, 3.63) is 200 Å². The summed E-state index contributed by atoms with van der Waals surface area (Å²) in [4.78, 5) is 10.6. The maximum atomic E-state index is 5.34. The summed E-state index contributed by atoms with van der Waals surface area (Å²) in [5.41, 5.74) is 10.9. The van der Waals surface area contributed by atoms with Crippen molar-refractivity contribution in [3.8, 4) is 50.7 Å². The minimum Gasteiger partial charge on any atom is -0.307 e. The lowest BCUT2D eigenvalue weighted by molar-refractivity contribution is 1.19. The largest absolute Gasteiger partial charge is 0.307 e. The molecule has 12 aromatic rings. The lowest BCUT2D eigenvalue weighted by atomic mass is 10.00.